The summed E-state index contributed by atoms with van der Waals surface area (Å²) < 4.78 is 5.76. The van der Waals surface area contributed by atoms with Crippen LogP contribution in [0, 0.1) is 0 Å². The van der Waals surface area contributed by atoms with E-state index in [-0.39, 0.29) is 6.04 Å². The second-order valence-electron chi connectivity index (χ2n) is 6.59. The molecule has 1 heterocycles. The van der Waals surface area contributed by atoms with E-state index in [1.165, 1.54) is 11.1 Å². The Hall–Kier alpha value is -0.900. The third-order valence-corrected chi connectivity index (χ3v) is 4.51. The summed E-state index contributed by atoms with van der Waals surface area (Å²) in [6.07, 6.45) is 1.43. The van der Waals surface area contributed by atoms with E-state index in [1.807, 2.05) is 0 Å². The molecule has 0 amide bonds. The van der Waals surface area contributed by atoms with Crippen LogP contribution in [0.1, 0.15) is 57.2 Å². The number of hydrogen-bond acceptors (Lipinski definition) is 3. The maximum absolute atomic E-state index is 6.43. The monoisotopic (exact) mass is 290 g/mol. The Balaban J connectivity index is 2.00. The summed E-state index contributed by atoms with van der Waals surface area (Å²) >= 11 is 0. The Morgan fingerprint density at radius 1 is 1.24 bits per heavy atom. The van der Waals surface area contributed by atoms with Crippen LogP contribution in [0.4, 0.5) is 0 Å². The molecule has 0 aromatic heterocycles. The topological polar surface area (TPSA) is 38.5 Å². The molecule has 3 unspecified atom stereocenters. The van der Waals surface area contributed by atoms with Crippen LogP contribution < -0.4 is 5.73 Å². The second-order valence-corrected chi connectivity index (χ2v) is 6.59. The highest BCUT2D eigenvalue weighted by molar-refractivity contribution is 5.26. The van der Waals surface area contributed by atoms with E-state index >= 15 is 0 Å². The molecule has 21 heavy (non-hydrogen) atoms. The maximum atomic E-state index is 6.43. The highest BCUT2D eigenvalue weighted by Gasteiger charge is 2.26. The van der Waals surface area contributed by atoms with Crippen molar-refractivity contribution in [3.63, 3.8) is 0 Å². The lowest BCUT2D eigenvalue weighted by molar-refractivity contribution is -0.0575. The number of nitrogens with two attached hydrogens (primary N) is 1. The fraction of sp³-hybridized carbons (Fsp3) is 0.667. The van der Waals surface area contributed by atoms with Gasteiger partial charge in [-0.1, -0.05) is 45.0 Å². The Labute approximate surface area is 129 Å². The van der Waals surface area contributed by atoms with Gasteiger partial charge in [-0.3, -0.25) is 4.90 Å². The number of hydrogen-bond donors (Lipinski definition) is 1. The van der Waals surface area contributed by atoms with Gasteiger partial charge in [0, 0.05) is 25.2 Å². The third-order valence-electron chi connectivity index (χ3n) is 4.51. The zero-order valence-corrected chi connectivity index (χ0v) is 13.9. The van der Waals surface area contributed by atoms with Crippen molar-refractivity contribution in [2.24, 2.45) is 5.73 Å². The van der Waals surface area contributed by atoms with Crippen molar-refractivity contribution in [3.05, 3.63) is 35.4 Å². The van der Waals surface area contributed by atoms with E-state index in [0.717, 1.165) is 26.1 Å². The van der Waals surface area contributed by atoms with Crippen LogP contribution in [0.2, 0.25) is 0 Å². The average molecular weight is 290 g/mol. The van der Waals surface area contributed by atoms with Crippen LogP contribution in [0.3, 0.4) is 0 Å². The molecule has 1 aliphatic rings. The quantitative estimate of drug-likeness (QED) is 0.904. The van der Waals surface area contributed by atoms with E-state index in [2.05, 4.69) is 56.9 Å². The Morgan fingerprint density at radius 3 is 2.43 bits per heavy atom. The second kappa shape index (κ2) is 7.39. The van der Waals surface area contributed by atoms with Crippen molar-refractivity contribution in [1.29, 1.82) is 0 Å². The molecule has 3 heteroatoms. The van der Waals surface area contributed by atoms with Crippen LogP contribution >= 0.6 is 0 Å². The molecule has 2 rings (SSSR count). The molecule has 0 radical (unpaired) electrons. The van der Waals surface area contributed by atoms with Gasteiger partial charge in [-0.05, 0) is 30.4 Å². The van der Waals surface area contributed by atoms with Crippen LogP contribution in [0.5, 0.6) is 0 Å². The maximum Gasteiger partial charge on any atom is 0.0674 e. The molecule has 1 saturated heterocycles. The van der Waals surface area contributed by atoms with E-state index in [1.54, 1.807) is 0 Å². The van der Waals surface area contributed by atoms with E-state index < -0.39 is 0 Å². The van der Waals surface area contributed by atoms with Crippen LogP contribution in [0.25, 0.3) is 0 Å². The summed E-state index contributed by atoms with van der Waals surface area (Å²) in [6.45, 7) is 11.5. The molecule has 1 aromatic rings. The van der Waals surface area contributed by atoms with Crippen molar-refractivity contribution in [1.82, 2.24) is 4.90 Å². The van der Waals surface area contributed by atoms with Gasteiger partial charge in [0.05, 0.1) is 12.7 Å². The third kappa shape index (κ3) is 4.29. The molecule has 118 valence electrons. The van der Waals surface area contributed by atoms with Gasteiger partial charge in [0.25, 0.3) is 0 Å². The Bertz CT molecular complexity index is 429. The minimum Gasteiger partial charge on any atom is -0.376 e. The van der Waals surface area contributed by atoms with Crippen molar-refractivity contribution in [2.45, 2.75) is 58.2 Å². The molecule has 3 nitrogen and oxygen atoms in total. The minimum atomic E-state index is 0.0746. The lowest BCUT2D eigenvalue weighted by Gasteiger charge is -2.39. The first kappa shape index (κ1) is 16.5. The zero-order chi connectivity index (χ0) is 15.4. The lowest BCUT2D eigenvalue weighted by Crippen LogP contribution is -2.50. The van der Waals surface area contributed by atoms with Gasteiger partial charge in [0.15, 0.2) is 0 Å². The standard InChI is InChI=1S/C18H30N2O/c1-5-17-12-21-14(4)10-20(17)11-18(19)16-8-6-15(7-9-16)13(2)3/h6-9,13-14,17-18H,5,10-12,19H2,1-4H3. The molecule has 0 saturated carbocycles. The first-order chi connectivity index (χ1) is 10.0. The SMILES string of the molecule is CCC1COC(C)CN1CC(N)c1ccc(C(C)C)cc1. The van der Waals surface area contributed by atoms with E-state index in [0.29, 0.717) is 18.1 Å². The fourth-order valence-electron chi connectivity index (χ4n) is 3.00. The number of morpholine rings is 1. The Kier molecular flexibility index (Phi) is 5.80. The summed E-state index contributed by atoms with van der Waals surface area (Å²) in [5.41, 5.74) is 9.03. The average Bonchev–Trinajstić information content (AvgIpc) is 2.47. The number of nitrogens with zero attached hydrogens (tertiary/aromatic N) is 1. The summed E-state index contributed by atoms with van der Waals surface area (Å²) in [4.78, 5) is 2.50. The van der Waals surface area contributed by atoms with Gasteiger partial charge in [0.2, 0.25) is 0 Å². The van der Waals surface area contributed by atoms with E-state index in [4.69, 9.17) is 10.5 Å². The first-order valence-electron chi connectivity index (χ1n) is 8.22. The normalized spacial score (nSPS) is 25.2. The number of rotatable bonds is 5. The van der Waals surface area contributed by atoms with Crippen LogP contribution in [-0.4, -0.2) is 36.7 Å². The summed E-state index contributed by atoms with van der Waals surface area (Å²) in [5.74, 6) is 0.569. The van der Waals surface area contributed by atoms with Gasteiger partial charge >= 0.3 is 0 Å². The largest absolute Gasteiger partial charge is 0.376 e. The minimum absolute atomic E-state index is 0.0746. The summed E-state index contributed by atoms with van der Waals surface area (Å²) in [5, 5.41) is 0. The fourth-order valence-corrected chi connectivity index (χ4v) is 3.00. The molecule has 0 aliphatic carbocycles. The summed E-state index contributed by atoms with van der Waals surface area (Å²) in [6, 6.07) is 9.36. The lowest BCUT2D eigenvalue weighted by atomic mass is 9.98. The summed E-state index contributed by atoms with van der Waals surface area (Å²) in [7, 11) is 0. The van der Waals surface area contributed by atoms with Gasteiger partial charge in [-0.2, -0.15) is 0 Å². The molecular weight excluding hydrogens is 260 g/mol. The number of benzene rings is 1. The van der Waals surface area contributed by atoms with Gasteiger partial charge in [-0.25, -0.2) is 0 Å². The first-order valence-corrected chi connectivity index (χ1v) is 8.22. The molecule has 0 bridgehead atoms. The van der Waals surface area contributed by atoms with Crippen LogP contribution in [0.15, 0.2) is 24.3 Å². The predicted molar refractivity (Wildman–Crippen MR) is 88.5 cm³/mol. The van der Waals surface area contributed by atoms with Gasteiger partial charge < -0.3 is 10.5 Å². The van der Waals surface area contributed by atoms with E-state index in [9.17, 15) is 0 Å². The zero-order valence-electron chi connectivity index (χ0n) is 13.9. The highest BCUT2D eigenvalue weighted by Crippen LogP contribution is 2.21. The smallest absolute Gasteiger partial charge is 0.0674 e. The van der Waals surface area contributed by atoms with Crippen molar-refractivity contribution in [2.75, 3.05) is 19.7 Å². The van der Waals surface area contributed by atoms with Crippen molar-refractivity contribution < 1.29 is 4.74 Å². The molecular formula is C18H30N2O. The number of ether oxygens (including phenoxy) is 1. The van der Waals surface area contributed by atoms with Crippen molar-refractivity contribution in [3.8, 4) is 0 Å². The van der Waals surface area contributed by atoms with Crippen LogP contribution in [-0.2, 0) is 4.74 Å². The molecule has 1 fully saturated rings. The predicted octanol–water partition coefficient (Wildman–Crippen LogP) is 3.31. The molecule has 2 N–H and O–H groups in total. The molecule has 1 aromatic carbocycles. The highest BCUT2D eigenvalue weighted by atomic mass is 16.5. The van der Waals surface area contributed by atoms with Gasteiger partial charge in [0.1, 0.15) is 0 Å². The van der Waals surface area contributed by atoms with Gasteiger partial charge in [-0.15, -0.1) is 0 Å². The molecule has 3 atom stereocenters. The molecule has 1 aliphatic heterocycles. The molecule has 0 spiro atoms. The Morgan fingerprint density at radius 2 is 1.86 bits per heavy atom. The van der Waals surface area contributed by atoms with Crippen molar-refractivity contribution >= 4 is 0 Å².